The van der Waals surface area contributed by atoms with E-state index in [9.17, 15) is 9.90 Å². The van der Waals surface area contributed by atoms with E-state index in [0.717, 1.165) is 11.1 Å². The second-order valence-electron chi connectivity index (χ2n) is 4.40. The van der Waals surface area contributed by atoms with Crippen LogP contribution >= 0.6 is 0 Å². The van der Waals surface area contributed by atoms with Crippen molar-refractivity contribution in [3.05, 3.63) is 46.3 Å². The number of phenolic OH excluding ortho intramolecular Hbond substituents is 1. The highest BCUT2D eigenvalue weighted by Crippen LogP contribution is 2.20. The van der Waals surface area contributed by atoms with Gasteiger partial charge in [-0.05, 0) is 38.5 Å². The third kappa shape index (κ3) is 2.76. The zero-order valence-electron chi connectivity index (χ0n) is 11.1. The molecule has 1 heterocycles. The molecule has 0 saturated carbocycles. The van der Waals surface area contributed by atoms with Crippen molar-refractivity contribution in [1.82, 2.24) is 5.16 Å². The van der Waals surface area contributed by atoms with Gasteiger partial charge in [0.05, 0.1) is 11.3 Å². The first-order valence-electron chi connectivity index (χ1n) is 5.87. The van der Waals surface area contributed by atoms with E-state index in [4.69, 9.17) is 9.26 Å². The third-order valence-electron chi connectivity index (χ3n) is 2.90. The Morgan fingerprint density at radius 2 is 2.11 bits per heavy atom. The molecule has 0 aliphatic carbocycles. The second kappa shape index (κ2) is 5.14. The van der Waals surface area contributed by atoms with Gasteiger partial charge in [-0.1, -0.05) is 11.2 Å². The van der Waals surface area contributed by atoms with E-state index in [2.05, 4.69) is 5.16 Å². The molecule has 0 radical (unpaired) electrons. The summed E-state index contributed by atoms with van der Waals surface area (Å²) in [5.74, 6) is -0.0281. The first-order valence-corrected chi connectivity index (χ1v) is 5.87. The molecule has 0 aliphatic rings. The molecule has 0 amide bonds. The van der Waals surface area contributed by atoms with Crippen molar-refractivity contribution < 1.29 is 19.2 Å². The number of carbonyl (C=O) groups is 1. The van der Waals surface area contributed by atoms with Crippen LogP contribution in [-0.2, 0) is 11.3 Å². The Hall–Kier alpha value is -2.30. The number of carbonyl (C=O) groups excluding carboxylic acids is 1. The van der Waals surface area contributed by atoms with Crippen LogP contribution in [-0.4, -0.2) is 16.2 Å². The van der Waals surface area contributed by atoms with E-state index in [0.29, 0.717) is 11.5 Å². The molecule has 0 spiro atoms. The van der Waals surface area contributed by atoms with Gasteiger partial charge in [-0.3, -0.25) is 0 Å². The number of phenols is 1. The Morgan fingerprint density at radius 1 is 1.37 bits per heavy atom. The largest absolute Gasteiger partial charge is 0.507 e. The summed E-state index contributed by atoms with van der Waals surface area (Å²) in [6.07, 6.45) is 0. The van der Waals surface area contributed by atoms with Crippen LogP contribution < -0.4 is 0 Å². The lowest BCUT2D eigenvalue weighted by atomic mass is 10.1. The lowest BCUT2D eigenvalue weighted by molar-refractivity contribution is 0.0467. The molecular weight excluding hydrogens is 246 g/mol. The third-order valence-corrected chi connectivity index (χ3v) is 2.90. The molecule has 0 atom stereocenters. The first-order chi connectivity index (χ1) is 8.99. The average molecular weight is 261 g/mol. The summed E-state index contributed by atoms with van der Waals surface area (Å²) in [4.78, 5) is 11.9. The molecule has 5 nitrogen and oxygen atoms in total. The van der Waals surface area contributed by atoms with Crippen molar-refractivity contribution in [3.63, 3.8) is 0 Å². The summed E-state index contributed by atoms with van der Waals surface area (Å²) in [5, 5.41) is 13.5. The van der Waals surface area contributed by atoms with Crippen molar-refractivity contribution in [2.24, 2.45) is 0 Å². The summed E-state index contributed by atoms with van der Waals surface area (Å²) in [6.45, 7) is 5.45. The molecule has 5 heteroatoms. The summed E-state index contributed by atoms with van der Waals surface area (Å²) < 4.78 is 10.1. The van der Waals surface area contributed by atoms with Gasteiger partial charge < -0.3 is 14.4 Å². The van der Waals surface area contributed by atoms with E-state index in [-0.39, 0.29) is 17.9 Å². The van der Waals surface area contributed by atoms with E-state index in [1.807, 2.05) is 6.92 Å². The monoisotopic (exact) mass is 261 g/mol. The van der Waals surface area contributed by atoms with Crippen LogP contribution in [0.4, 0.5) is 0 Å². The molecule has 1 aromatic heterocycles. The van der Waals surface area contributed by atoms with Crippen LogP contribution in [0.5, 0.6) is 5.75 Å². The zero-order valence-corrected chi connectivity index (χ0v) is 11.1. The van der Waals surface area contributed by atoms with Crippen molar-refractivity contribution in [3.8, 4) is 5.75 Å². The molecule has 100 valence electrons. The smallest absolute Gasteiger partial charge is 0.342 e. The number of hydrogen-bond donors (Lipinski definition) is 1. The molecule has 1 N–H and O–H groups in total. The molecule has 0 unspecified atom stereocenters. The normalized spacial score (nSPS) is 10.5. The fraction of sp³-hybridized carbons (Fsp3) is 0.286. The topological polar surface area (TPSA) is 72.6 Å². The first kappa shape index (κ1) is 13.1. The van der Waals surface area contributed by atoms with Gasteiger partial charge in [0.25, 0.3) is 0 Å². The van der Waals surface area contributed by atoms with Crippen LogP contribution in [0.1, 0.15) is 32.9 Å². The molecule has 1 aromatic carbocycles. The SMILES string of the molecule is Cc1ccc(C(=O)OCc2c(C)noc2C)c(O)c1. The molecule has 0 bridgehead atoms. The number of nitrogens with zero attached hydrogens (tertiary/aromatic N) is 1. The minimum absolute atomic E-state index is 0.0767. The van der Waals surface area contributed by atoms with Crippen molar-refractivity contribution in [2.75, 3.05) is 0 Å². The van der Waals surface area contributed by atoms with Crippen LogP contribution in [0, 0.1) is 20.8 Å². The molecule has 0 fully saturated rings. The highest BCUT2D eigenvalue weighted by atomic mass is 16.5. The predicted octanol–water partition coefficient (Wildman–Crippen LogP) is 2.66. The summed E-state index contributed by atoms with van der Waals surface area (Å²) in [6, 6.07) is 4.80. The fourth-order valence-electron chi connectivity index (χ4n) is 1.74. The predicted molar refractivity (Wildman–Crippen MR) is 67.9 cm³/mol. The quantitative estimate of drug-likeness (QED) is 0.860. The Morgan fingerprint density at radius 3 is 2.68 bits per heavy atom. The highest BCUT2D eigenvalue weighted by molar-refractivity contribution is 5.92. The number of benzene rings is 1. The van der Waals surface area contributed by atoms with E-state index in [1.54, 1.807) is 26.0 Å². The van der Waals surface area contributed by atoms with Crippen LogP contribution in [0.3, 0.4) is 0 Å². The average Bonchev–Trinajstić information content (AvgIpc) is 2.66. The summed E-state index contributed by atoms with van der Waals surface area (Å²) in [7, 11) is 0. The minimum atomic E-state index is -0.572. The lowest BCUT2D eigenvalue weighted by Gasteiger charge is -2.06. The number of rotatable bonds is 3. The number of ether oxygens (including phenoxy) is 1. The van der Waals surface area contributed by atoms with Crippen molar-refractivity contribution in [1.29, 1.82) is 0 Å². The number of hydrogen-bond acceptors (Lipinski definition) is 5. The maximum absolute atomic E-state index is 11.9. The lowest BCUT2D eigenvalue weighted by Crippen LogP contribution is -2.06. The zero-order chi connectivity index (χ0) is 14.0. The Kier molecular flexibility index (Phi) is 3.55. The van der Waals surface area contributed by atoms with Gasteiger partial charge in [-0.15, -0.1) is 0 Å². The Bertz CT molecular complexity index is 596. The molecule has 0 aliphatic heterocycles. The highest BCUT2D eigenvalue weighted by Gasteiger charge is 2.15. The van der Waals surface area contributed by atoms with Gasteiger partial charge >= 0.3 is 5.97 Å². The molecule has 19 heavy (non-hydrogen) atoms. The van der Waals surface area contributed by atoms with Gasteiger partial charge in [-0.2, -0.15) is 0 Å². The van der Waals surface area contributed by atoms with Crippen LogP contribution in [0.2, 0.25) is 0 Å². The molecular formula is C14H15NO4. The Balaban J connectivity index is 2.10. The van der Waals surface area contributed by atoms with Crippen molar-refractivity contribution >= 4 is 5.97 Å². The standard InChI is InChI=1S/C14H15NO4/c1-8-4-5-11(13(16)6-8)14(17)18-7-12-9(2)15-19-10(12)3/h4-6,16H,7H2,1-3H3. The maximum atomic E-state index is 11.9. The number of esters is 1. The second-order valence-corrected chi connectivity index (χ2v) is 4.40. The maximum Gasteiger partial charge on any atom is 0.342 e. The molecule has 2 rings (SSSR count). The van der Waals surface area contributed by atoms with Gasteiger partial charge in [0.15, 0.2) is 0 Å². The molecule has 2 aromatic rings. The van der Waals surface area contributed by atoms with E-state index < -0.39 is 5.97 Å². The summed E-state index contributed by atoms with van der Waals surface area (Å²) >= 11 is 0. The van der Waals surface area contributed by atoms with E-state index in [1.165, 1.54) is 6.07 Å². The van der Waals surface area contributed by atoms with Gasteiger partial charge in [0, 0.05) is 0 Å². The van der Waals surface area contributed by atoms with Crippen molar-refractivity contribution in [2.45, 2.75) is 27.4 Å². The minimum Gasteiger partial charge on any atom is -0.507 e. The number of aromatic hydroxyl groups is 1. The summed E-state index contributed by atoms with van der Waals surface area (Å²) in [5.41, 5.74) is 2.47. The van der Waals surface area contributed by atoms with Gasteiger partial charge in [0.2, 0.25) is 0 Å². The van der Waals surface area contributed by atoms with Gasteiger partial charge in [-0.25, -0.2) is 4.79 Å². The molecule has 0 saturated heterocycles. The van der Waals surface area contributed by atoms with E-state index >= 15 is 0 Å². The number of aromatic nitrogens is 1. The Labute approximate surface area is 110 Å². The van der Waals surface area contributed by atoms with Crippen LogP contribution in [0.15, 0.2) is 22.7 Å². The van der Waals surface area contributed by atoms with Crippen LogP contribution in [0.25, 0.3) is 0 Å². The fourth-order valence-corrected chi connectivity index (χ4v) is 1.74. The van der Waals surface area contributed by atoms with Gasteiger partial charge in [0.1, 0.15) is 23.7 Å². The number of aryl methyl sites for hydroxylation is 3.